The Balaban J connectivity index is 1.59. The van der Waals surface area contributed by atoms with E-state index in [4.69, 9.17) is 4.98 Å². The first kappa shape index (κ1) is 21.3. The number of aliphatic imine (C=N–C) groups is 1. The Hall–Kier alpha value is -2.97. The van der Waals surface area contributed by atoms with Gasteiger partial charge >= 0.3 is 0 Å². The lowest BCUT2D eigenvalue weighted by atomic mass is 9.90. The van der Waals surface area contributed by atoms with Gasteiger partial charge in [-0.3, -0.25) is 9.98 Å². The SMILES string of the molecule is CC1=Nc2ccc(-c3ccn4nc(NCC(C)(C)F)ncc34)nc2C[C@@H]1CCC(F)F. The number of anilines is 1. The van der Waals surface area contributed by atoms with E-state index in [2.05, 4.69) is 20.4 Å². The summed E-state index contributed by atoms with van der Waals surface area (Å²) in [5.74, 6) is 0.317. The smallest absolute Gasteiger partial charge is 0.241 e. The molecule has 0 spiro atoms. The molecule has 4 rings (SSSR count). The van der Waals surface area contributed by atoms with E-state index < -0.39 is 12.1 Å². The molecule has 0 saturated carbocycles. The van der Waals surface area contributed by atoms with E-state index in [1.54, 1.807) is 16.9 Å². The van der Waals surface area contributed by atoms with Crippen LogP contribution < -0.4 is 5.32 Å². The third kappa shape index (κ3) is 4.86. The molecule has 1 N–H and O–H groups in total. The van der Waals surface area contributed by atoms with Crippen LogP contribution in [0.4, 0.5) is 24.8 Å². The molecular weight excluding hydrogens is 405 g/mol. The number of hydrogen-bond acceptors (Lipinski definition) is 5. The largest absolute Gasteiger partial charge is 0.350 e. The number of alkyl halides is 3. The van der Waals surface area contributed by atoms with Crippen LogP contribution in [0, 0.1) is 5.92 Å². The van der Waals surface area contributed by atoms with E-state index in [0.717, 1.165) is 33.9 Å². The van der Waals surface area contributed by atoms with E-state index in [0.29, 0.717) is 18.8 Å². The minimum Gasteiger partial charge on any atom is -0.350 e. The lowest BCUT2D eigenvalue weighted by Gasteiger charge is -2.22. The van der Waals surface area contributed by atoms with Gasteiger partial charge in [0.2, 0.25) is 12.4 Å². The van der Waals surface area contributed by atoms with Gasteiger partial charge in [0.25, 0.3) is 0 Å². The molecule has 1 aliphatic heterocycles. The standard InChI is InChI=1S/C22H25F3N6/c1-13-14(4-7-20(23)24)10-18-17(28-13)6-5-16(29-18)15-8-9-31-19(15)11-26-21(30-31)27-12-22(2,3)25/h5-6,8-9,11,14,20H,4,7,10,12H2,1-3H3,(H,27,30)/t14-/m0/s1. The average Bonchev–Trinajstić information content (AvgIpc) is 3.13. The van der Waals surface area contributed by atoms with Crippen molar-refractivity contribution < 1.29 is 13.2 Å². The molecule has 0 bridgehead atoms. The highest BCUT2D eigenvalue weighted by Gasteiger charge is 2.23. The Bertz CT molecular complexity index is 1120. The van der Waals surface area contributed by atoms with Gasteiger partial charge in [-0.05, 0) is 51.8 Å². The summed E-state index contributed by atoms with van der Waals surface area (Å²) >= 11 is 0. The normalized spacial score (nSPS) is 16.5. The van der Waals surface area contributed by atoms with Gasteiger partial charge in [0.1, 0.15) is 5.67 Å². The zero-order valence-corrected chi connectivity index (χ0v) is 17.7. The van der Waals surface area contributed by atoms with Crippen LogP contribution in [0.15, 0.2) is 35.6 Å². The van der Waals surface area contributed by atoms with Crippen LogP contribution in [-0.4, -0.2) is 43.9 Å². The molecule has 0 aliphatic carbocycles. The zero-order valence-electron chi connectivity index (χ0n) is 17.7. The van der Waals surface area contributed by atoms with Crippen LogP contribution in [0.1, 0.15) is 39.3 Å². The summed E-state index contributed by atoms with van der Waals surface area (Å²) < 4.78 is 40.7. The Labute approximate surface area is 178 Å². The average molecular weight is 430 g/mol. The number of fused-ring (bicyclic) bond motifs is 2. The van der Waals surface area contributed by atoms with Crippen molar-refractivity contribution in [3.8, 4) is 11.3 Å². The monoisotopic (exact) mass is 430 g/mol. The molecule has 31 heavy (non-hydrogen) atoms. The van der Waals surface area contributed by atoms with E-state index in [1.165, 1.54) is 13.8 Å². The number of aromatic nitrogens is 4. The summed E-state index contributed by atoms with van der Waals surface area (Å²) in [6.07, 6.45) is 2.02. The van der Waals surface area contributed by atoms with Crippen LogP contribution in [0.2, 0.25) is 0 Å². The number of halogens is 3. The molecule has 4 heterocycles. The van der Waals surface area contributed by atoms with Gasteiger partial charge in [0.15, 0.2) is 0 Å². The summed E-state index contributed by atoms with van der Waals surface area (Å²) in [5.41, 5.74) is 3.47. The summed E-state index contributed by atoms with van der Waals surface area (Å²) in [5, 5.41) is 7.28. The molecular formula is C22H25F3N6. The molecule has 0 amide bonds. The van der Waals surface area contributed by atoms with Gasteiger partial charge in [0, 0.05) is 29.8 Å². The van der Waals surface area contributed by atoms with Crippen molar-refractivity contribution in [1.29, 1.82) is 0 Å². The van der Waals surface area contributed by atoms with Crippen molar-refractivity contribution in [2.45, 2.75) is 52.1 Å². The summed E-state index contributed by atoms with van der Waals surface area (Å²) in [4.78, 5) is 13.7. The third-order valence-electron chi connectivity index (χ3n) is 5.37. The van der Waals surface area contributed by atoms with Crippen molar-refractivity contribution in [2.75, 3.05) is 11.9 Å². The molecule has 0 aromatic carbocycles. The van der Waals surface area contributed by atoms with Crippen molar-refractivity contribution >= 4 is 22.9 Å². The van der Waals surface area contributed by atoms with Crippen LogP contribution >= 0.6 is 0 Å². The Kier molecular flexibility index (Phi) is 5.68. The highest BCUT2D eigenvalue weighted by molar-refractivity contribution is 5.89. The summed E-state index contributed by atoms with van der Waals surface area (Å²) in [6, 6.07) is 5.70. The molecule has 1 atom stereocenters. The van der Waals surface area contributed by atoms with Crippen LogP contribution in [0.3, 0.4) is 0 Å². The molecule has 164 valence electrons. The van der Waals surface area contributed by atoms with Gasteiger partial charge in [-0.1, -0.05) is 0 Å². The van der Waals surface area contributed by atoms with E-state index in [-0.39, 0.29) is 18.9 Å². The maximum Gasteiger partial charge on any atom is 0.241 e. The number of hydrogen-bond donors (Lipinski definition) is 1. The number of nitrogens with one attached hydrogen (secondary N) is 1. The van der Waals surface area contributed by atoms with Crippen molar-refractivity contribution in [2.24, 2.45) is 10.9 Å². The maximum atomic E-state index is 13.7. The van der Waals surface area contributed by atoms with Crippen LogP contribution in [-0.2, 0) is 6.42 Å². The van der Waals surface area contributed by atoms with E-state index in [9.17, 15) is 13.2 Å². The topological polar surface area (TPSA) is 67.5 Å². The second kappa shape index (κ2) is 8.28. The zero-order chi connectivity index (χ0) is 22.2. The predicted octanol–water partition coefficient (Wildman–Crippen LogP) is 5.26. The second-order valence-corrected chi connectivity index (χ2v) is 8.50. The Morgan fingerprint density at radius 1 is 1.26 bits per heavy atom. The fraction of sp³-hybridized carbons (Fsp3) is 0.455. The molecule has 6 nitrogen and oxygen atoms in total. The summed E-state index contributed by atoms with van der Waals surface area (Å²) in [7, 11) is 0. The number of pyridine rings is 1. The Morgan fingerprint density at radius 2 is 2.06 bits per heavy atom. The van der Waals surface area contributed by atoms with Crippen LogP contribution in [0.25, 0.3) is 16.8 Å². The lowest BCUT2D eigenvalue weighted by Crippen LogP contribution is -2.25. The van der Waals surface area contributed by atoms with Crippen molar-refractivity contribution in [3.63, 3.8) is 0 Å². The van der Waals surface area contributed by atoms with Crippen molar-refractivity contribution in [3.05, 3.63) is 36.3 Å². The minimum absolute atomic E-state index is 0.0215. The summed E-state index contributed by atoms with van der Waals surface area (Å²) in [6.45, 7) is 4.96. The van der Waals surface area contributed by atoms with Gasteiger partial charge in [-0.15, -0.1) is 5.10 Å². The van der Waals surface area contributed by atoms with Gasteiger partial charge in [-0.2, -0.15) is 0 Å². The molecule has 0 radical (unpaired) electrons. The Morgan fingerprint density at radius 3 is 2.81 bits per heavy atom. The number of nitrogens with zero attached hydrogens (tertiary/aromatic N) is 5. The molecule has 0 unspecified atom stereocenters. The van der Waals surface area contributed by atoms with Crippen LogP contribution in [0.5, 0.6) is 0 Å². The fourth-order valence-corrected chi connectivity index (χ4v) is 3.68. The van der Waals surface area contributed by atoms with E-state index >= 15 is 0 Å². The van der Waals surface area contributed by atoms with Gasteiger partial charge in [0.05, 0.1) is 35.3 Å². The fourth-order valence-electron chi connectivity index (χ4n) is 3.68. The first-order valence-corrected chi connectivity index (χ1v) is 10.3. The van der Waals surface area contributed by atoms with E-state index in [1.807, 2.05) is 25.1 Å². The maximum absolute atomic E-state index is 13.7. The molecule has 1 aliphatic rings. The second-order valence-electron chi connectivity index (χ2n) is 8.50. The third-order valence-corrected chi connectivity index (χ3v) is 5.37. The number of rotatable bonds is 7. The highest BCUT2D eigenvalue weighted by Crippen LogP contribution is 2.33. The first-order chi connectivity index (χ1) is 14.7. The quantitative estimate of drug-likeness (QED) is 0.555. The first-order valence-electron chi connectivity index (χ1n) is 10.3. The molecule has 0 saturated heterocycles. The molecule has 3 aromatic heterocycles. The van der Waals surface area contributed by atoms with Crippen molar-refractivity contribution in [1.82, 2.24) is 19.6 Å². The predicted molar refractivity (Wildman–Crippen MR) is 115 cm³/mol. The highest BCUT2D eigenvalue weighted by atomic mass is 19.3. The molecule has 3 aromatic rings. The minimum atomic E-state index is -2.31. The van der Waals surface area contributed by atoms with Gasteiger partial charge < -0.3 is 5.32 Å². The molecule has 9 heteroatoms. The molecule has 0 fully saturated rings. The lowest BCUT2D eigenvalue weighted by molar-refractivity contribution is 0.131. The van der Waals surface area contributed by atoms with Gasteiger partial charge in [-0.25, -0.2) is 22.7 Å².